The van der Waals surface area contributed by atoms with Gasteiger partial charge in [-0.25, -0.2) is 14.6 Å². The number of carbonyl (C=O) groups excluding carboxylic acids is 2. The van der Waals surface area contributed by atoms with Crippen molar-refractivity contribution >= 4 is 34.8 Å². The molecule has 9 heteroatoms. The van der Waals surface area contributed by atoms with Crippen molar-refractivity contribution in [2.75, 3.05) is 24.3 Å². The van der Waals surface area contributed by atoms with E-state index in [4.69, 9.17) is 4.74 Å². The van der Waals surface area contributed by atoms with Gasteiger partial charge in [0.1, 0.15) is 5.01 Å². The lowest BCUT2D eigenvalue weighted by Crippen LogP contribution is -2.28. The van der Waals surface area contributed by atoms with Crippen LogP contribution in [-0.4, -0.2) is 35.6 Å². The molecule has 0 aliphatic heterocycles. The normalized spacial score (nSPS) is 10.3. The zero-order valence-corrected chi connectivity index (χ0v) is 16.9. The number of nitrogens with one attached hydrogen (secondary N) is 3. The molecule has 2 heterocycles. The van der Waals surface area contributed by atoms with Crippen LogP contribution < -0.4 is 16.0 Å². The molecule has 0 unspecified atom stereocenters. The molecule has 1 aromatic carbocycles. The number of thiazole rings is 1. The molecule has 2 amide bonds. The first-order valence-electron chi connectivity index (χ1n) is 8.98. The molecule has 3 aromatic rings. The summed E-state index contributed by atoms with van der Waals surface area (Å²) < 4.78 is 4.82. The van der Waals surface area contributed by atoms with E-state index in [-0.39, 0.29) is 6.03 Å². The van der Waals surface area contributed by atoms with Crippen molar-refractivity contribution in [1.29, 1.82) is 0 Å². The summed E-state index contributed by atoms with van der Waals surface area (Å²) >= 11 is 1.26. The quantitative estimate of drug-likeness (QED) is 0.512. The minimum atomic E-state index is -0.423. The van der Waals surface area contributed by atoms with E-state index in [2.05, 4.69) is 25.9 Å². The third-order valence-electron chi connectivity index (χ3n) is 3.91. The number of urea groups is 1. The monoisotopic (exact) mass is 411 g/mol. The van der Waals surface area contributed by atoms with E-state index in [1.165, 1.54) is 18.4 Å². The van der Waals surface area contributed by atoms with Gasteiger partial charge in [0.15, 0.2) is 10.7 Å². The van der Waals surface area contributed by atoms with Crippen molar-refractivity contribution in [3.63, 3.8) is 0 Å². The molecule has 2 aromatic heterocycles. The van der Waals surface area contributed by atoms with E-state index in [0.29, 0.717) is 34.5 Å². The molecule has 0 aliphatic rings. The number of esters is 1. The second-order valence-corrected chi connectivity index (χ2v) is 6.96. The minimum Gasteiger partial charge on any atom is -0.465 e. The molecular formula is C20H21N5O3S. The lowest BCUT2D eigenvalue weighted by atomic mass is 10.2. The van der Waals surface area contributed by atoms with E-state index < -0.39 is 5.97 Å². The zero-order valence-electron chi connectivity index (χ0n) is 16.1. The summed E-state index contributed by atoms with van der Waals surface area (Å²) in [6.45, 7) is 2.96. The lowest BCUT2D eigenvalue weighted by molar-refractivity contribution is 0.0607. The van der Waals surface area contributed by atoms with Gasteiger partial charge in [-0.05, 0) is 42.8 Å². The predicted molar refractivity (Wildman–Crippen MR) is 113 cm³/mol. The third kappa shape index (κ3) is 5.29. The van der Waals surface area contributed by atoms with Crippen LogP contribution in [0.3, 0.4) is 0 Å². The van der Waals surface area contributed by atoms with E-state index in [1.54, 1.807) is 24.5 Å². The van der Waals surface area contributed by atoms with Crippen LogP contribution in [-0.2, 0) is 11.3 Å². The Hall–Kier alpha value is -3.46. The minimum absolute atomic E-state index is 0.307. The van der Waals surface area contributed by atoms with Crippen LogP contribution in [0.4, 0.5) is 16.3 Å². The number of nitrogens with zero attached hydrogens (tertiary/aromatic N) is 2. The maximum atomic E-state index is 12.1. The first-order valence-corrected chi connectivity index (χ1v) is 9.79. The Labute approximate surface area is 172 Å². The van der Waals surface area contributed by atoms with Gasteiger partial charge in [0.2, 0.25) is 0 Å². The number of aromatic nitrogens is 2. The van der Waals surface area contributed by atoms with Crippen molar-refractivity contribution in [1.82, 2.24) is 15.3 Å². The molecule has 0 aliphatic carbocycles. The Kier molecular flexibility index (Phi) is 6.75. The summed E-state index contributed by atoms with van der Waals surface area (Å²) in [7, 11) is 1.34. The highest BCUT2D eigenvalue weighted by Crippen LogP contribution is 2.32. The number of methoxy groups -OCH3 is 1. The Morgan fingerprint density at radius 2 is 1.97 bits per heavy atom. The van der Waals surface area contributed by atoms with E-state index in [9.17, 15) is 9.59 Å². The SMILES string of the molecule is CCNc1nc(-c2ccc(NC(=O)NCc3cccnc3)cc2)sc1C(=O)OC. The summed E-state index contributed by atoms with van der Waals surface area (Å²) in [5.41, 5.74) is 2.40. The maximum absolute atomic E-state index is 12.1. The van der Waals surface area contributed by atoms with Crippen molar-refractivity contribution in [3.05, 3.63) is 59.2 Å². The second-order valence-electron chi connectivity index (χ2n) is 5.96. The number of rotatable bonds is 7. The van der Waals surface area contributed by atoms with Gasteiger partial charge < -0.3 is 20.7 Å². The average molecular weight is 411 g/mol. The predicted octanol–water partition coefficient (Wildman–Crippen LogP) is 3.75. The summed E-state index contributed by atoms with van der Waals surface area (Å²) in [4.78, 5) is 32.9. The molecule has 29 heavy (non-hydrogen) atoms. The van der Waals surface area contributed by atoms with Crippen LogP contribution in [0.25, 0.3) is 10.6 Å². The molecule has 0 fully saturated rings. The smallest absolute Gasteiger partial charge is 0.351 e. The van der Waals surface area contributed by atoms with Crippen LogP contribution in [0.1, 0.15) is 22.2 Å². The molecule has 0 saturated carbocycles. The molecular weight excluding hydrogens is 390 g/mol. The number of amides is 2. The molecule has 0 spiro atoms. The Balaban J connectivity index is 1.65. The summed E-state index contributed by atoms with van der Waals surface area (Å²) in [6.07, 6.45) is 3.39. The topological polar surface area (TPSA) is 105 Å². The summed E-state index contributed by atoms with van der Waals surface area (Å²) in [6, 6.07) is 10.6. The molecule has 0 radical (unpaired) electrons. The first kappa shape index (κ1) is 20.3. The first-order chi connectivity index (χ1) is 14.1. The standard InChI is InChI=1S/C20H21N5O3S/c1-3-22-17-16(19(26)28-2)29-18(25-17)14-6-8-15(9-7-14)24-20(27)23-12-13-5-4-10-21-11-13/h4-11,22H,3,12H2,1-2H3,(H2,23,24,27). The molecule has 0 saturated heterocycles. The summed E-state index contributed by atoms with van der Waals surface area (Å²) in [5.74, 6) is 0.0876. The number of carbonyl (C=O) groups is 2. The number of hydrogen-bond acceptors (Lipinski definition) is 7. The third-order valence-corrected chi connectivity index (χ3v) is 4.99. The lowest BCUT2D eigenvalue weighted by Gasteiger charge is -2.08. The van der Waals surface area contributed by atoms with Gasteiger partial charge in [0.05, 0.1) is 7.11 Å². The van der Waals surface area contributed by atoms with E-state index in [1.807, 2.05) is 31.2 Å². The van der Waals surface area contributed by atoms with Crippen LogP contribution in [0, 0.1) is 0 Å². The fourth-order valence-corrected chi connectivity index (χ4v) is 3.48. The number of benzene rings is 1. The van der Waals surface area contributed by atoms with Gasteiger partial charge in [0, 0.05) is 36.7 Å². The van der Waals surface area contributed by atoms with E-state index in [0.717, 1.165) is 11.1 Å². The molecule has 3 N–H and O–H groups in total. The van der Waals surface area contributed by atoms with Crippen molar-refractivity contribution in [2.24, 2.45) is 0 Å². The molecule has 8 nitrogen and oxygen atoms in total. The van der Waals surface area contributed by atoms with Gasteiger partial charge in [0.25, 0.3) is 0 Å². The van der Waals surface area contributed by atoms with Crippen molar-refractivity contribution in [3.8, 4) is 10.6 Å². The average Bonchev–Trinajstić information content (AvgIpc) is 3.17. The van der Waals surface area contributed by atoms with Crippen LogP contribution in [0.15, 0.2) is 48.8 Å². The molecule has 150 valence electrons. The Bertz CT molecular complexity index is 974. The summed E-state index contributed by atoms with van der Waals surface area (Å²) in [5, 5.41) is 9.32. The molecule has 0 atom stereocenters. The van der Waals surface area contributed by atoms with Crippen molar-refractivity contribution in [2.45, 2.75) is 13.5 Å². The highest BCUT2D eigenvalue weighted by molar-refractivity contribution is 7.17. The van der Waals surface area contributed by atoms with Gasteiger partial charge in [-0.3, -0.25) is 4.98 Å². The highest BCUT2D eigenvalue weighted by Gasteiger charge is 2.19. The van der Waals surface area contributed by atoms with Crippen LogP contribution in [0.5, 0.6) is 0 Å². The van der Waals surface area contributed by atoms with E-state index >= 15 is 0 Å². The number of ether oxygens (including phenoxy) is 1. The number of hydrogen-bond donors (Lipinski definition) is 3. The molecule has 0 bridgehead atoms. The van der Waals surface area contributed by atoms with Crippen LogP contribution >= 0.6 is 11.3 Å². The van der Waals surface area contributed by atoms with Gasteiger partial charge in [-0.15, -0.1) is 11.3 Å². The molecule has 3 rings (SSSR count). The maximum Gasteiger partial charge on any atom is 0.351 e. The fourth-order valence-electron chi connectivity index (χ4n) is 2.52. The largest absolute Gasteiger partial charge is 0.465 e. The highest BCUT2D eigenvalue weighted by atomic mass is 32.1. The van der Waals surface area contributed by atoms with Crippen LogP contribution in [0.2, 0.25) is 0 Å². The number of pyridine rings is 1. The van der Waals surface area contributed by atoms with Gasteiger partial charge in [-0.1, -0.05) is 6.07 Å². The second kappa shape index (κ2) is 9.65. The van der Waals surface area contributed by atoms with Gasteiger partial charge in [-0.2, -0.15) is 0 Å². The van der Waals surface area contributed by atoms with Crippen molar-refractivity contribution < 1.29 is 14.3 Å². The Morgan fingerprint density at radius 1 is 1.17 bits per heavy atom. The zero-order chi connectivity index (χ0) is 20.6. The number of anilines is 2. The van der Waals surface area contributed by atoms with Gasteiger partial charge >= 0.3 is 12.0 Å². The fraction of sp³-hybridized carbons (Fsp3) is 0.200. The Morgan fingerprint density at radius 3 is 2.62 bits per heavy atom.